The Hall–Kier alpha value is -2.21. The van der Waals surface area contributed by atoms with Gasteiger partial charge in [0.05, 0.1) is 13.2 Å². The van der Waals surface area contributed by atoms with Crippen molar-refractivity contribution in [2.75, 3.05) is 26.3 Å². The number of ether oxygens (including phenoxy) is 1. The molecule has 1 saturated heterocycles. The second-order valence-corrected chi connectivity index (χ2v) is 6.63. The first-order valence-corrected chi connectivity index (χ1v) is 8.93. The fourth-order valence-electron chi connectivity index (χ4n) is 3.68. The van der Waals surface area contributed by atoms with Crippen molar-refractivity contribution in [2.24, 2.45) is 0 Å². The molecule has 140 valence electrons. The van der Waals surface area contributed by atoms with Crippen molar-refractivity contribution in [1.82, 2.24) is 9.47 Å². The molecule has 0 N–H and O–H groups in total. The number of benzene rings is 1. The molecule has 0 unspecified atom stereocenters. The molecule has 4 nitrogen and oxygen atoms in total. The Labute approximate surface area is 152 Å². The molecule has 1 aliphatic heterocycles. The van der Waals surface area contributed by atoms with E-state index in [-0.39, 0.29) is 5.91 Å². The maximum absolute atomic E-state index is 13.6. The highest BCUT2D eigenvalue weighted by Gasteiger charge is 2.27. The van der Waals surface area contributed by atoms with Crippen molar-refractivity contribution >= 4 is 5.91 Å². The van der Waals surface area contributed by atoms with E-state index in [9.17, 15) is 13.6 Å². The van der Waals surface area contributed by atoms with Crippen LogP contribution in [0.3, 0.4) is 0 Å². The Morgan fingerprint density at radius 2 is 1.85 bits per heavy atom. The molecule has 1 aromatic heterocycles. The van der Waals surface area contributed by atoms with E-state index in [0.717, 1.165) is 29.3 Å². The molecule has 0 radical (unpaired) electrons. The summed E-state index contributed by atoms with van der Waals surface area (Å²) in [6.45, 7) is 8.52. The first-order chi connectivity index (χ1) is 12.4. The number of carbonyl (C=O) groups excluding carboxylic acids is 1. The molecule has 1 aromatic carbocycles. The van der Waals surface area contributed by atoms with Gasteiger partial charge >= 0.3 is 0 Å². The number of hydrogen-bond donors (Lipinski definition) is 0. The molecule has 1 aliphatic rings. The summed E-state index contributed by atoms with van der Waals surface area (Å²) >= 11 is 0. The second-order valence-electron chi connectivity index (χ2n) is 6.63. The van der Waals surface area contributed by atoms with E-state index in [1.165, 1.54) is 6.07 Å². The van der Waals surface area contributed by atoms with Crippen LogP contribution in [-0.2, 0) is 17.7 Å². The topological polar surface area (TPSA) is 34.5 Å². The molecule has 2 aromatic rings. The maximum atomic E-state index is 13.6. The zero-order chi connectivity index (χ0) is 18.8. The second kappa shape index (κ2) is 7.58. The molecule has 0 bridgehead atoms. The van der Waals surface area contributed by atoms with Gasteiger partial charge < -0.3 is 14.2 Å². The molecule has 3 rings (SSSR count). The molecule has 26 heavy (non-hydrogen) atoms. The largest absolute Gasteiger partial charge is 0.378 e. The molecule has 1 amide bonds. The number of morpholine rings is 1. The van der Waals surface area contributed by atoms with Gasteiger partial charge in [-0.25, -0.2) is 8.78 Å². The van der Waals surface area contributed by atoms with Crippen LogP contribution < -0.4 is 0 Å². The maximum Gasteiger partial charge on any atom is 0.270 e. The van der Waals surface area contributed by atoms with Gasteiger partial charge in [-0.15, -0.1) is 0 Å². The van der Waals surface area contributed by atoms with E-state index in [0.29, 0.717) is 44.1 Å². The summed E-state index contributed by atoms with van der Waals surface area (Å²) in [6, 6.07) is 3.88. The van der Waals surface area contributed by atoms with Gasteiger partial charge in [0.25, 0.3) is 5.91 Å². The summed E-state index contributed by atoms with van der Waals surface area (Å²) in [5.74, 6) is -1.77. The summed E-state index contributed by atoms with van der Waals surface area (Å²) in [5, 5.41) is 0. The molecule has 0 spiro atoms. The van der Waals surface area contributed by atoms with Crippen molar-refractivity contribution in [3.05, 3.63) is 57.9 Å². The first-order valence-electron chi connectivity index (χ1n) is 8.93. The summed E-state index contributed by atoms with van der Waals surface area (Å²) in [5.41, 5.74) is 4.34. The lowest BCUT2D eigenvalue weighted by Crippen LogP contribution is -2.41. The van der Waals surface area contributed by atoms with E-state index in [1.54, 1.807) is 11.0 Å². The van der Waals surface area contributed by atoms with Crippen molar-refractivity contribution in [2.45, 2.75) is 33.7 Å². The zero-order valence-corrected chi connectivity index (χ0v) is 15.4. The highest BCUT2D eigenvalue weighted by atomic mass is 19.2. The monoisotopic (exact) mass is 362 g/mol. The summed E-state index contributed by atoms with van der Waals surface area (Å²) in [7, 11) is 0. The number of carbonyl (C=O) groups is 1. The standard InChI is InChI=1S/C20H24F2N2O2/c1-4-16-13(2)19(20(25)23-7-9-26-10-8-23)24(14(16)3)12-15-5-6-17(21)18(22)11-15/h5-6,11H,4,7-10,12H2,1-3H3. The Morgan fingerprint density at radius 1 is 1.15 bits per heavy atom. The van der Waals surface area contributed by atoms with Gasteiger partial charge in [0.15, 0.2) is 11.6 Å². The molecule has 0 atom stereocenters. The minimum atomic E-state index is -0.874. The van der Waals surface area contributed by atoms with Crippen LogP contribution in [0.4, 0.5) is 8.78 Å². The van der Waals surface area contributed by atoms with Gasteiger partial charge in [-0.1, -0.05) is 13.0 Å². The summed E-state index contributed by atoms with van der Waals surface area (Å²) in [4.78, 5) is 14.9. The quantitative estimate of drug-likeness (QED) is 0.835. The van der Waals surface area contributed by atoms with E-state index >= 15 is 0 Å². The average molecular weight is 362 g/mol. The molecule has 0 saturated carbocycles. The summed E-state index contributed by atoms with van der Waals surface area (Å²) < 4.78 is 34.1. The predicted octanol–water partition coefficient (Wildman–Crippen LogP) is 3.47. The summed E-state index contributed by atoms with van der Waals surface area (Å²) in [6.07, 6.45) is 0.811. The number of nitrogens with zero attached hydrogens (tertiary/aromatic N) is 2. The van der Waals surface area contributed by atoms with Crippen molar-refractivity contribution in [1.29, 1.82) is 0 Å². The van der Waals surface area contributed by atoms with E-state index in [2.05, 4.69) is 6.92 Å². The number of aromatic nitrogens is 1. The van der Waals surface area contributed by atoms with Gasteiger partial charge in [-0.2, -0.15) is 0 Å². The van der Waals surface area contributed by atoms with Crippen LogP contribution in [0, 0.1) is 25.5 Å². The van der Waals surface area contributed by atoms with Crippen LogP contribution in [0.15, 0.2) is 18.2 Å². The highest BCUT2D eigenvalue weighted by Crippen LogP contribution is 2.26. The van der Waals surface area contributed by atoms with Crippen LogP contribution in [0.5, 0.6) is 0 Å². The molecule has 1 fully saturated rings. The lowest BCUT2D eigenvalue weighted by Gasteiger charge is -2.27. The minimum absolute atomic E-state index is 0.0313. The van der Waals surface area contributed by atoms with Gasteiger partial charge in [0.2, 0.25) is 0 Å². The van der Waals surface area contributed by atoms with E-state index < -0.39 is 11.6 Å². The smallest absolute Gasteiger partial charge is 0.270 e. The van der Waals surface area contributed by atoms with Crippen molar-refractivity contribution in [3.63, 3.8) is 0 Å². The fourth-order valence-corrected chi connectivity index (χ4v) is 3.68. The lowest BCUT2D eigenvalue weighted by molar-refractivity contribution is 0.0295. The normalized spacial score (nSPS) is 14.7. The molecule has 2 heterocycles. The predicted molar refractivity (Wildman–Crippen MR) is 95.5 cm³/mol. The van der Waals surface area contributed by atoms with E-state index in [1.807, 2.05) is 18.4 Å². The van der Waals surface area contributed by atoms with Crippen LogP contribution in [0.1, 0.15) is 39.8 Å². The Kier molecular flexibility index (Phi) is 5.41. The average Bonchev–Trinajstić information content (AvgIpc) is 2.88. The van der Waals surface area contributed by atoms with E-state index in [4.69, 9.17) is 4.74 Å². The third kappa shape index (κ3) is 3.38. The fraction of sp³-hybridized carbons (Fsp3) is 0.450. The van der Waals surface area contributed by atoms with Gasteiger partial charge in [-0.05, 0) is 49.1 Å². The van der Waals surface area contributed by atoms with Gasteiger partial charge in [-0.3, -0.25) is 4.79 Å². The number of amides is 1. The Bertz CT molecular complexity index is 824. The number of rotatable bonds is 4. The van der Waals surface area contributed by atoms with Gasteiger partial charge in [0.1, 0.15) is 5.69 Å². The Balaban J connectivity index is 2.02. The SMILES string of the molecule is CCc1c(C)c(C(=O)N2CCOCC2)n(Cc2ccc(F)c(F)c2)c1C. The van der Waals surface area contributed by atoms with Crippen LogP contribution in [0.25, 0.3) is 0 Å². The molecule has 0 aliphatic carbocycles. The number of hydrogen-bond acceptors (Lipinski definition) is 2. The van der Waals surface area contributed by atoms with Crippen LogP contribution >= 0.6 is 0 Å². The van der Waals surface area contributed by atoms with Crippen molar-refractivity contribution < 1.29 is 18.3 Å². The first kappa shape index (κ1) is 18.6. The number of halogens is 2. The third-order valence-corrected chi connectivity index (χ3v) is 5.10. The van der Waals surface area contributed by atoms with Crippen molar-refractivity contribution in [3.8, 4) is 0 Å². The third-order valence-electron chi connectivity index (χ3n) is 5.10. The highest BCUT2D eigenvalue weighted by molar-refractivity contribution is 5.95. The molecule has 6 heteroatoms. The zero-order valence-electron chi connectivity index (χ0n) is 15.4. The Morgan fingerprint density at radius 3 is 2.46 bits per heavy atom. The van der Waals surface area contributed by atoms with Gasteiger partial charge in [0, 0.05) is 25.3 Å². The minimum Gasteiger partial charge on any atom is -0.378 e. The lowest BCUT2D eigenvalue weighted by atomic mass is 10.1. The molecular formula is C20H24F2N2O2. The molecular weight excluding hydrogens is 338 g/mol. The van der Waals surface area contributed by atoms with Crippen LogP contribution in [0.2, 0.25) is 0 Å². The van der Waals surface area contributed by atoms with Crippen LogP contribution in [-0.4, -0.2) is 41.7 Å².